The summed E-state index contributed by atoms with van der Waals surface area (Å²) in [5.41, 5.74) is 4.10. The molecule has 1 aromatic carbocycles. The number of benzene rings is 1. The van der Waals surface area contributed by atoms with E-state index in [-0.39, 0.29) is 11.1 Å². The van der Waals surface area contributed by atoms with Crippen LogP contribution >= 0.6 is 0 Å². The molecule has 1 aliphatic rings. The molecule has 1 aromatic heterocycles. The molecule has 3 rings (SSSR count). The molecule has 1 fully saturated rings. The number of carbonyl (C=O) groups is 1. The monoisotopic (exact) mass is 351 g/mol. The molecule has 5 nitrogen and oxygen atoms in total. The summed E-state index contributed by atoms with van der Waals surface area (Å²) in [7, 11) is 0. The molecule has 0 aliphatic heterocycles. The summed E-state index contributed by atoms with van der Waals surface area (Å²) in [6.07, 6.45) is -1.52. The number of nitrogens with two attached hydrogens (primary N) is 1. The highest BCUT2D eigenvalue weighted by Gasteiger charge is 2.47. The molecule has 25 heavy (non-hydrogen) atoms. The van der Waals surface area contributed by atoms with Gasteiger partial charge in [0.05, 0.1) is 17.9 Å². The maximum absolute atomic E-state index is 12.8. The zero-order valence-electron chi connectivity index (χ0n) is 13.4. The molecule has 2 N–H and O–H groups in total. The Morgan fingerprint density at radius 1 is 1.28 bits per heavy atom. The van der Waals surface area contributed by atoms with Crippen molar-refractivity contribution < 1.29 is 18.0 Å². The Morgan fingerprint density at radius 3 is 2.32 bits per heavy atom. The maximum atomic E-state index is 12.8. The van der Waals surface area contributed by atoms with Gasteiger partial charge in [-0.2, -0.15) is 13.2 Å². The van der Waals surface area contributed by atoms with Gasteiger partial charge in [-0.05, 0) is 36.0 Å². The fraction of sp³-hybridized carbons (Fsp3) is 0.353. The molecule has 8 heteroatoms. The van der Waals surface area contributed by atoms with Crippen molar-refractivity contribution in [2.45, 2.75) is 32.0 Å². The number of hydrogen-bond donors (Lipinski definition) is 1. The van der Waals surface area contributed by atoms with Crippen molar-refractivity contribution >= 4 is 5.91 Å². The molecular formula is C17H16F3N3O2. The van der Waals surface area contributed by atoms with Gasteiger partial charge < -0.3 is 5.73 Å². The smallest absolute Gasteiger partial charge is 0.364 e. The first-order chi connectivity index (χ1) is 11.6. The molecule has 1 saturated carbocycles. The molecule has 1 aliphatic carbocycles. The van der Waals surface area contributed by atoms with Crippen LogP contribution in [0.25, 0.3) is 0 Å². The Balaban J connectivity index is 2.05. The van der Waals surface area contributed by atoms with Crippen LogP contribution in [-0.2, 0) is 6.18 Å². The van der Waals surface area contributed by atoms with Gasteiger partial charge in [-0.15, -0.1) is 0 Å². The molecule has 0 radical (unpaired) electrons. The normalized spacial score (nSPS) is 17.1. The van der Waals surface area contributed by atoms with Crippen molar-refractivity contribution in [3.8, 4) is 0 Å². The van der Waals surface area contributed by atoms with Crippen LogP contribution in [-0.4, -0.2) is 15.5 Å². The Hall–Kier alpha value is -2.64. The number of nitrogens with zero attached hydrogens (tertiary/aromatic N) is 2. The third kappa shape index (κ3) is 3.29. The van der Waals surface area contributed by atoms with Gasteiger partial charge in [0.2, 0.25) is 0 Å². The van der Waals surface area contributed by atoms with Crippen LogP contribution in [0.5, 0.6) is 0 Å². The van der Waals surface area contributed by atoms with Gasteiger partial charge in [-0.1, -0.05) is 19.1 Å². The maximum Gasteiger partial charge on any atom is 0.416 e. The molecule has 1 amide bonds. The molecule has 0 saturated heterocycles. The Bertz CT molecular complexity index is 868. The first kappa shape index (κ1) is 17.2. The summed E-state index contributed by atoms with van der Waals surface area (Å²) in [4.78, 5) is 27.4. The van der Waals surface area contributed by atoms with E-state index in [4.69, 9.17) is 5.73 Å². The summed E-state index contributed by atoms with van der Waals surface area (Å²) < 4.78 is 39.6. The molecule has 0 bridgehead atoms. The molecule has 0 spiro atoms. The van der Waals surface area contributed by atoms with E-state index in [0.29, 0.717) is 5.56 Å². The van der Waals surface area contributed by atoms with Crippen LogP contribution in [0.15, 0.2) is 41.5 Å². The minimum atomic E-state index is -4.42. The number of halogens is 3. The molecular weight excluding hydrogens is 335 g/mol. The fourth-order valence-electron chi connectivity index (χ4n) is 2.96. The van der Waals surface area contributed by atoms with E-state index in [1.807, 2.05) is 6.92 Å². The summed E-state index contributed by atoms with van der Waals surface area (Å²) in [5.74, 6) is -0.812. The Labute approximate surface area is 141 Å². The van der Waals surface area contributed by atoms with Crippen molar-refractivity contribution in [3.05, 3.63) is 63.8 Å². The number of primary amides is 1. The lowest BCUT2D eigenvalue weighted by Crippen LogP contribution is -2.32. The fourth-order valence-corrected chi connectivity index (χ4v) is 2.96. The first-order valence-electron chi connectivity index (χ1n) is 7.67. The lowest BCUT2D eigenvalue weighted by molar-refractivity contribution is -0.137. The number of carbonyl (C=O) groups excluding carboxylic acids is 1. The van der Waals surface area contributed by atoms with Crippen molar-refractivity contribution in [2.24, 2.45) is 11.1 Å². The van der Waals surface area contributed by atoms with Crippen LogP contribution in [0.3, 0.4) is 0 Å². The summed E-state index contributed by atoms with van der Waals surface area (Å²) in [5, 5.41) is 0. The van der Waals surface area contributed by atoms with E-state index in [9.17, 15) is 22.8 Å². The minimum absolute atomic E-state index is 0.145. The molecule has 1 heterocycles. The van der Waals surface area contributed by atoms with Crippen LogP contribution < -0.4 is 11.3 Å². The van der Waals surface area contributed by atoms with E-state index in [1.165, 1.54) is 23.0 Å². The van der Waals surface area contributed by atoms with E-state index in [2.05, 4.69) is 4.98 Å². The predicted octanol–water partition coefficient (Wildman–Crippen LogP) is 2.75. The second-order valence-electron chi connectivity index (χ2n) is 6.56. The van der Waals surface area contributed by atoms with Crippen molar-refractivity contribution in [1.82, 2.24) is 9.55 Å². The van der Waals surface area contributed by atoms with Crippen molar-refractivity contribution in [3.63, 3.8) is 0 Å². The average Bonchev–Trinajstić information content (AvgIpc) is 3.27. The number of rotatable bonds is 4. The second kappa shape index (κ2) is 5.72. The Kier molecular flexibility index (Phi) is 3.93. The highest BCUT2D eigenvalue weighted by molar-refractivity contribution is 5.90. The lowest BCUT2D eigenvalue weighted by atomic mass is 9.91. The summed E-state index contributed by atoms with van der Waals surface area (Å²) >= 11 is 0. The summed E-state index contributed by atoms with van der Waals surface area (Å²) in [6, 6.07) is 5.35. The van der Waals surface area contributed by atoms with Crippen LogP contribution in [0.4, 0.5) is 13.2 Å². The third-order valence-corrected chi connectivity index (χ3v) is 4.62. The number of aromatic nitrogens is 2. The van der Waals surface area contributed by atoms with Crippen molar-refractivity contribution in [2.75, 3.05) is 0 Å². The minimum Gasteiger partial charge on any atom is -0.364 e. The van der Waals surface area contributed by atoms with Crippen LogP contribution in [0.1, 0.15) is 47.4 Å². The van der Waals surface area contributed by atoms with Gasteiger partial charge in [0.1, 0.15) is 5.69 Å². The van der Waals surface area contributed by atoms with Gasteiger partial charge in [0.25, 0.3) is 11.5 Å². The lowest BCUT2D eigenvalue weighted by Gasteiger charge is -2.26. The van der Waals surface area contributed by atoms with Crippen molar-refractivity contribution in [1.29, 1.82) is 0 Å². The summed E-state index contributed by atoms with van der Waals surface area (Å²) in [6.45, 7) is 1.96. The molecule has 0 unspecified atom stereocenters. The van der Waals surface area contributed by atoms with Gasteiger partial charge in [-0.25, -0.2) is 4.98 Å². The zero-order chi connectivity index (χ0) is 18.4. The van der Waals surface area contributed by atoms with Crippen LogP contribution in [0.2, 0.25) is 0 Å². The zero-order valence-corrected chi connectivity index (χ0v) is 13.4. The topological polar surface area (TPSA) is 78.0 Å². The Morgan fingerprint density at radius 2 is 1.88 bits per heavy atom. The van der Waals surface area contributed by atoms with Gasteiger partial charge in [0, 0.05) is 6.07 Å². The van der Waals surface area contributed by atoms with Gasteiger partial charge in [0.15, 0.2) is 0 Å². The van der Waals surface area contributed by atoms with E-state index < -0.39 is 29.2 Å². The average molecular weight is 351 g/mol. The van der Waals surface area contributed by atoms with E-state index in [1.54, 1.807) is 0 Å². The molecule has 1 atom stereocenters. The quantitative estimate of drug-likeness (QED) is 0.920. The van der Waals surface area contributed by atoms with Gasteiger partial charge in [-0.3, -0.25) is 14.2 Å². The van der Waals surface area contributed by atoms with E-state index in [0.717, 1.165) is 31.0 Å². The standard InChI is InChI=1S/C17H16F3N3O2/c1-16(6-7-16)14(10-2-4-11(5-3-10)17(18,19)20)23-9-22-12(15(21)25)8-13(23)24/h2-5,8-9,14H,6-7H2,1H3,(H2,21,25)/t14-/m0/s1. The highest BCUT2D eigenvalue weighted by atomic mass is 19.4. The van der Waals surface area contributed by atoms with Gasteiger partial charge >= 0.3 is 6.18 Å². The first-order valence-corrected chi connectivity index (χ1v) is 7.67. The molecule has 2 aromatic rings. The van der Waals surface area contributed by atoms with E-state index >= 15 is 0 Å². The number of hydrogen-bond acceptors (Lipinski definition) is 3. The predicted molar refractivity (Wildman–Crippen MR) is 83.9 cm³/mol. The largest absolute Gasteiger partial charge is 0.416 e. The highest BCUT2D eigenvalue weighted by Crippen LogP contribution is 2.55. The molecule has 132 valence electrons. The second-order valence-corrected chi connectivity index (χ2v) is 6.56. The van der Waals surface area contributed by atoms with Crippen LogP contribution in [0, 0.1) is 5.41 Å². The third-order valence-electron chi connectivity index (χ3n) is 4.62. The SMILES string of the molecule is CC1([C@H](c2ccc(C(F)(F)F)cc2)n2cnc(C(N)=O)cc2=O)CC1. The number of amides is 1. The number of alkyl halides is 3.